The first kappa shape index (κ1) is 18.3. The number of nitriles is 1. The van der Waals surface area contributed by atoms with Crippen molar-refractivity contribution in [3.05, 3.63) is 69.7 Å². The van der Waals surface area contributed by atoms with E-state index in [4.69, 9.17) is 28.9 Å². The molecule has 0 aliphatic heterocycles. The maximum atomic E-state index is 9.52. The van der Waals surface area contributed by atoms with E-state index in [1.807, 2.05) is 18.2 Å². The summed E-state index contributed by atoms with van der Waals surface area (Å²) < 4.78 is 0. The number of benzene rings is 2. The summed E-state index contributed by atoms with van der Waals surface area (Å²) in [4.78, 5) is 4.41. The van der Waals surface area contributed by atoms with Crippen LogP contribution < -0.4 is 5.73 Å². The normalized spacial score (nSPS) is 10.5. The Hall–Kier alpha value is -2.54. The minimum absolute atomic E-state index is 0.184. The third-order valence-electron chi connectivity index (χ3n) is 4.17. The Labute approximate surface area is 163 Å². The van der Waals surface area contributed by atoms with Crippen LogP contribution in [0.3, 0.4) is 0 Å². The lowest BCUT2D eigenvalue weighted by molar-refractivity contribution is 0.922. The third-order valence-corrected chi connectivity index (χ3v) is 4.72. The number of anilines is 1. The Morgan fingerprint density at radius 3 is 2.38 bits per heavy atom. The number of halogens is 2. The summed E-state index contributed by atoms with van der Waals surface area (Å²) in [5, 5.41) is 10.5. The molecule has 5 heteroatoms. The molecule has 0 fully saturated rings. The molecule has 3 aromatic rings. The van der Waals surface area contributed by atoms with Gasteiger partial charge in [-0.2, -0.15) is 5.26 Å². The maximum Gasteiger partial charge on any atom is 0.142 e. The van der Waals surface area contributed by atoms with Crippen LogP contribution in [0.25, 0.3) is 22.4 Å². The van der Waals surface area contributed by atoms with Crippen molar-refractivity contribution in [3.63, 3.8) is 0 Å². The van der Waals surface area contributed by atoms with E-state index >= 15 is 0 Å². The number of aromatic nitrogens is 1. The standard InChI is InChI=1S/C21H17Cl2N3/c1-2-3-13-4-6-14(7-5-13)20-11-17(18(12-24)21(25)26-20)16-9-8-15(22)10-19(16)23/h4-11H,2-3H2,1H3,(H2,25,26). The van der Waals surface area contributed by atoms with Crippen LogP contribution in [-0.2, 0) is 6.42 Å². The minimum Gasteiger partial charge on any atom is -0.383 e. The molecule has 0 aliphatic carbocycles. The van der Waals surface area contributed by atoms with Crippen LogP contribution in [0.1, 0.15) is 24.5 Å². The molecule has 0 atom stereocenters. The van der Waals surface area contributed by atoms with Gasteiger partial charge in [-0.25, -0.2) is 4.98 Å². The molecule has 3 nitrogen and oxygen atoms in total. The molecule has 0 saturated carbocycles. The van der Waals surface area contributed by atoms with Gasteiger partial charge in [0.15, 0.2) is 0 Å². The van der Waals surface area contributed by atoms with Gasteiger partial charge in [-0.05, 0) is 30.2 Å². The number of aryl methyl sites for hydroxylation is 1. The lowest BCUT2D eigenvalue weighted by Crippen LogP contribution is -2.00. The molecule has 26 heavy (non-hydrogen) atoms. The van der Waals surface area contributed by atoms with E-state index < -0.39 is 0 Å². The molecule has 0 spiro atoms. The fourth-order valence-electron chi connectivity index (χ4n) is 2.88. The van der Waals surface area contributed by atoms with E-state index in [-0.39, 0.29) is 5.82 Å². The van der Waals surface area contributed by atoms with E-state index in [0.29, 0.717) is 32.4 Å². The number of hydrogen-bond donors (Lipinski definition) is 1. The van der Waals surface area contributed by atoms with Crippen LogP contribution in [0.15, 0.2) is 48.5 Å². The lowest BCUT2D eigenvalue weighted by Gasteiger charge is -2.12. The van der Waals surface area contributed by atoms with E-state index in [9.17, 15) is 5.26 Å². The van der Waals surface area contributed by atoms with Crippen molar-refractivity contribution in [1.82, 2.24) is 4.98 Å². The number of pyridine rings is 1. The molecule has 0 amide bonds. The molecule has 1 aromatic heterocycles. The predicted molar refractivity (Wildman–Crippen MR) is 108 cm³/mol. The smallest absolute Gasteiger partial charge is 0.142 e. The van der Waals surface area contributed by atoms with Gasteiger partial charge in [0.25, 0.3) is 0 Å². The molecule has 0 saturated heterocycles. The second-order valence-corrected chi connectivity index (χ2v) is 6.84. The molecule has 0 unspecified atom stereocenters. The van der Waals surface area contributed by atoms with E-state index in [1.165, 1.54) is 5.56 Å². The molecule has 0 radical (unpaired) electrons. The minimum atomic E-state index is 0.184. The third kappa shape index (κ3) is 3.67. The van der Waals surface area contributed by atoms with Gasteiger partial charge in [-0.1, -0.05) is 66.9 Å². The summed E-state index contributed by atoms with van der Waals surface area (Å²) in [7, 11) is 0. The van der Waals surface area contributed by atoms with Crippen molar-refractivity contribution in [2.75, 3.05) is 5.73 Å². The molecular formula is C21H17Cl2N3. The Morgan fingerprint density at radius 1 is 1.04 bits per heavy atom. The van der Waals surface area contributed by atoms with Crippen LogP contribution in [-0.4, -0.2) is 4.98 Å². The summed E-state index contributed by atoms with van der Waals surface area (Å²) in [5.74, 6) is 0.184. The van der Waals surface area contributed by atoms with Gasteiger partial charge in [0.1, 0.15) is 17.5 Å². The van der Waals surface area contributed by atoms with E-state index in [2.05, 4.69) is 30.1 Å². The zero-order chi connectivity index (χ0) is 18.7. The molecule has 1 heterocycles. The first-order chi connectivity index (χ1) is 12.5. The molecule has 3 rings (SSSR count). The molecule has 2 N–H and O–H groups in total. The van der Waals surface area contributed by atoms with Gasteiger partial charge in [0, 0.05) is 26.7 Å². The fourth-order valence-corrected chi connectivity index (χ4v) is 3.39. The van der Waals surface area contributed by atoms with Crippen LogP contribution in [0.2, 0.25) is 10.0 Å². The Kier molecular flexibility index (Phi) is 5.46. The molecule has 0 aliphatic rings. The van der Waals surface area contributed by atoms with Gasteiger partial charge >= 0.3 is 0 Å². The topological polar surface area (TPSA) is 62.7 Å². The largest absolute Gasteiger partial charge is 0.383 e. The van der Waals surface area contributed by atoms with Gasteiger partial charge in [-0.3, -0.25) is 0 Å². The van der Waals surface area contributed by atoms with Crippen molar-refractivity contribution in [2.24, 2.45) is 0 Å². The van der Waals surface area contributed by atoms with Crippen LogP contribution in [0.4, 0.5) is 5.82 Å². The van der Waals surface area contributed by atoms with Gasteiger partial charge in [-0.15, -0.1) is 0 Å². The number of nitrogen functional groups attached to an aromatic ring is 1. The summed E-state index contributed by atoms with van der Waals surface area (Å²) in [6, 6.07) is 17.4. The first-order valence-electron chi connectivity index (χ1n) is 8.28. The maximum absolute atomic E-state index is 9.52. The number of rotatable bonds is 4. The molecule has 2 aromatic carbocycles. The summed E-state index contributed by atoms with van der Waals surface area (Å²) in [5.41, 5.74) is 10.6. The highest BCUT2D eigenvalue weighted by molar-refractivity contribution is 6.36. The Balaban J connectivity index is 2.14. The fraction of sp³-hybridized carbons (Fsp3) is 0.143. The second-order valence-electron chi connectivity index (χ2n) is 6.00. The monoisotopic (exact) mass is 381 g/mol. The summed E-state index contributed by atoms with van der Waals surface area (Å²) in [6.07, 6.45) is 2.13. The first-order valence-corrected chi connectivity index (χ1v) is 9.04. The second kappa shape index (κ2) is 7.78. The van der Waals surface area contributed by atoms with Gasteiger partial charge < -0.3 is 5.73 Å². The van der Waals surface area contributed by atoms with Crippen LogP contribution in [0.5, 0.6) is 0 Å². The summed E-state index contributed by atoms with van der Waals surface area (Å²) >= 11 is 12.3. The average molecular weight is 382 g/mol. The van der Waals surface area contributed by atoms with Crippen molar-refractivity contribution in [2.45, 2.75) is 19.8 Å². The molecule has 130 valence electrons. The number of hydrogen-bond acceptors (Lipinski definition) is 3. The van der Waals surface area contributed by atoms with Crippen LogP contribution in [0, 0.1) is 11.3 Å². The number of nitrogens with two attached hydrogens (primary N) is 1. The van der Waals surface area contributed by atoms with Crippen LogP contribution >= 0.6 is 23.2 Å². The predicted octanol–water partition coefficient (Wildman–Crippen LogP) is 6.13. The Bertz CT molecular complexity index is 989. The van der Waals surface area contributed by atoms with Gasteiger partial charge in [0.05, 0.1) is 5.69 Å². The summed E-state index contributed by atoms with van der Waals surface area (Å²) in [6.45, 7) is 2.15. The van der Waals surface area contributed by atoms with Gasteiger partial charge in [0.2, 0.25) is 0 Å². The zero-order valence-corrected chi connectivity index (χ0v) is 15.8. The lowest BCUT2D eigenvalue weighted by atomic mass is 9.98. The van der Waals surface area contributed by atoms with Crippen molar-refractivity contribution in [3.8, 4) is 28.5 Å². The Morgan fingerprint density at radius 2 is 1.77 bits per heavy atom. The average Bonchev–Trinajstić information content (AvgIpc) is 2.62. The zero-order valence-electron chi connectivity index (χ0n) is 14.3. The number of nitrogens with zero attached hydrogens (tertiary/aromatic N) is 2. The SMILES string of the molecule is CCCc1ccc(-c2cc(-c3ccc(Cl)cc3Cl)c(C#N)c(N)n2)cc1. The quantitative estimate of drug-likeness (QED) is 0.590. The van der Waals surface area contributed by atoms with E-state index in [1.54, 1.807) is 18.2 Å². The van der Waals surface area contributed by atoms with E-state index in [0.717, 1.165) is 18.4 Å². The van der Waals surface area contributed by atoms with Crippen molar-refractivity contribution >= 4 is 29.0 Å². The molecular weight excluding hydrogens is 365 g/mol. The van der Waals surface area contributed by atoms with Crippen molar-refractivity contribution < 1.29 is 0 Å². The highest BCUT2D eigenvalue weighted by Gasteiger charge is 2.15. The highest BCUT2D eigenvalue weighted by Crippen LogP contribution is 2.36. The van der Waals surface area contributed by atoms with Crippen molar-refractivity contribution in [1.29, 1.82) is 5.26 Å². The highest BCUT2D eigenvalue weighted by atomic mass is 35.5. The molecule has 0 bridgehead atoms.